The molecule has 1 heterocycles. The monoisotopic (exact) mass is 183 g/mol. The van der Waals surface area contributed by atoms with Crippen LogP contribution in [0.2, 0.25) is 0 Å². The van der Waals surface area contributed by atoms with Crippen molar-refractivity contribution in [3.05, 3.63) is 22.4 Å². The molecule has 1 aliphatic carbocycles. The van der Waals surface area contributed by atoms with Gasteiger partial charge in [0.25, 0.3) is 0 Å². The fourth-order valence-corrected chi connectivity index (χ4v) is 1.98. The Kier molecular flexibility index (Phi) is 2.44. The second-order valence-corrected chi connectivity index (χ2v) is 4.01. The maximum atomic E-state index is 9.12. The van der Waals surface area contributed by atoms with Gasteiger partial charge in [0.05, 0.1) is 12.6 Å². The molecule has 3 heteroatoms. The van der Waals surface area contributed by atoms with Crippen molar-refractivity contribution in [2.24, 2.45) is 0 Å². The molecular weight excluding hydrogens is 170 g/mol. The van der Waals surface area contributed by atoms with Crippen molar-refractivity contribution in [2.75, 3.05) is 6.61 Å². The van der Waals surface area contributed by atoms with E-state index in [1.54, 1.807) is 11.3 Å². The molecule has 1 aromatic rings. The fourth-order valence-electron chi connectivity index (χ4n) is 1.26. The highest BCUT2D eigenvalue weighted by Gasteiger charge is 2.24. The number of aliphatic hydroxyl groups excluding tert-OH is 1. The van der Waals surface area contributed by atoms with Crippen molar-refractivity contribution >= 4 is 11.3 Å². The zero-order valence-corrected chi connectivity index (χ0v) is 7.68. The highest BCUT2D eigenvalue weighted by Crippen LogP contribution is 2.24. The third-order valence-corrected chi connectivity index (χ3v) is 2.84. The Hall–Kier alpha value is -0.380. The summed E-state index contributed by atoms with van der Waals surface area (Å²) in [5, 5.41) is 16.7. The first-order valence-electron chi connectivity index (χ1n) is 4.29. The topological polar surface area (TPSA) is 32.3 Å². The first-order chi connectivity index (χ1) is 5.90. The molecule has 0 amide bonds. The Morgan fingerprint density at radius 2 is 2.50 bits per heavy atom. The molecule has 1 unspecified atom stereocenters. The largest absolute Gasteiger partial charge is 0.394 e. The summed E-state index contributed by atoms with van der Waals surface area (Å²) in [6.45, 7) is 0.202. The molecule has 0 aromatic carbocycles. The minimum Gasteiger partial charge on any atom is -0.394 e. The van der Waals surface area contributed by atoms with E-state index < -0.39 is 0 Å². The van der Waals surface area contributed by atoms with Crippen LogP contribution in [0.15, 0.2) is 16.8 Å². The van der Waals surface area contributed by atoms with E-state index in [1.165, 1.54) is 18.4 Å². The van der Waals surface area contributed by atoms with Crippen LogP contribution in [0.5, 0.6) is 0 Å². The third kappa shape index (κ3) is 1.86. The molecule has 1 aromatic heterocycles. The summed E-state index contributed by atoms with van der Waals surface area (Å²) in [5.74, 6) is 0. The highest BCUT2D eigenvalue weighted by molar-refractivity contribution is 7.07. The van der Waals surface area contributed by atoms with Crippen LogP contribution in [0.3, 0.4) is 0 Å². The molecule has 1 aliphatic rings. The van der Waals surface area contributed by atoms with E-state index in [0.29, 0.717) is 6.04 Å². The molecule has 2 N–H and O–H groups in total. The molecule has 1 fully saturated rings. The lowest BCUT2D eigenvalue weighted by molar-refractivity contribution is 0.243. The minimum absolute atomic E-state index is 0.156. The summed E-state index contributed by atoms with van der Waals surface area (Å²) in [4.78, 5) is 0. The summed E-state index contributed by atoms with van der Waals surface area (Å²) in [7, 11) is 0. The molecule has 1 atom stereocenters. The van der Waals surface area contributed by atoms with Gasteiger partial charge < -0.3 is 10.4 Å². The quantitative estimate of drug-likeness (QED) is 0.742. The molecule has 0 spiro atoms. The van der Waals surface area contributed by atoms with Gasteiger partial charge in [-0.1, -0.05) is 0 Å². The zero-order chi connectivity index (χ0) is 8.39. The number of thiophene rings is 1. The summed E-state index contributed by atoms with van der Waals surface area (Å²) in [5.41, 5.74) is 1.22. The average molecular weight is 183 g/mol. The number of hydrogen-bond donors (Lipinski definition) is 2. The summed E-state index contributed by atoms with van der Waals surface area (Å²) in [6.07, 6.45) is 2.53. The standard InChI is InChI=1S/C9H13NOS/c11-5-9(10-8-1-2-8)7-3-4-12-6-7/h3-4,6,8-11H,1-2,5H2. The normalized spacial score (nSPS) is 19.4. The van der Waals surface area contributed by atoms with Crippen LogP contribution >= 0.6 is 11.3 Å². The number of aliphatic hydroxyl groups is 1. The summed E-state index contributed by atoms with van der Waals surface area (Å²) in [6, 6.07) is 2.88. The number of rotatable bonds is 4. The SMILES string of the molecule is OCC(NC1CC1)c1ccsc1. The molecule has 1 saturated carbocycles. The van der Waals surface area contributed by atoms with Gasteiger partial charge in [0.2, 0.25) is 0 Å². The number of hydrogen-bond acceptors (Lipinski definition) is 3. The molecule has 0 saturated heterocycles. The first kappa shape index (κ1) is 8.23. The second kappa shape index (κ2) is 3.56. The Labute approximate surface area is 76.2 Å². The smallest absolute Gasteiger partial charge is 0.0626 e. The number of nitrogens with one attached hydrogen (secondary N) is 1. The summed E-state index contributed by atoms with van der Waals surface area (Å²) < 4.78 is 0. The predicted octanol–water partition coefficient (Wildman–Crippen LogP) is 1.53. The van der Waals surface area contributed by atoms with Crippen molar-refractivity contribution < 1.29 is 5.11 Å². The zero-order valence-electron chi connectivity index (χ0n) is 6.86. The van der Waals surface area contributed by atoms with Gasteiger partial charge in [-0.15, -0.1) is 0 Å². The van der Waals surface area contributed by atoms with Crippen LogP contribution < -0.4 is 5.32 Å². The van der Waals surface area contributed by atoms with Crippen LogP contribution in [0.1, 0.15) is 24.4 Å². The lowest BCUT2D eigenvalue weighted by Gasteiger charge is -2.13. The Bertz CT molecular complexity index is 231. The van der Waals surface area contributed by atoms with Crippen molar-refractivity contribution in [2.45, 2.75) is 24.9 Å². The molecule has 12 heavy (non-hydrogen) atoms. The summed E-state index contributed by atoms with van der Waals surface area (Å²) >= 11 is 1.68. The lowest BCUT2D eigenvalue weighted by Crippen LogP contribution is -2.25. The third-order valence-electron chi connectivity index (χ3n) is 2.14. The molecule has 2 nitrogen and oxygen atoms in total. The van der Waals surface area contributed by atoms with E-state index in [2.05, 4.69) is 16.8 Å². The van der Waals surface area contributed by atoms with E-state index in [0.717, 1.165) is 0 Å². The Morgan fingerprint density at radius 3 is 3.00 bits per heavy atom. The minimum atomic E-state index is 0.156. The maximum absolute atomic E-state index is 9.12. The van der Waals surface area contributed by atoms with Crippen LogP contribution in [0.4, 0.5) is 0 Å². The van der Waals surface area contributed by atoms with Gasteiger partial charge >= 0.3 is 0 Å². The van der Waals surface area contributed by atoms with Crippen LogP contribution in [-0.2, 0) is 0 Å². The molecule has 66 valence electrons. The van der Waals surface area contributed by atoms with Gasteiger partial charge in [-0.2, -0.15) is 11.3 Å². The van der Waals surface area contributed by atoms with Crippen molar-refractivity contribution in [1.29, 1.82) is 0 Å². The molecule has 0 aliphatic heterocycles. The Morgan fingerprint density at radius 1 is 1.67 bits per heavy atom. The van der Waals surface area contributed by atoms with Gasteiger partial charge in [-0.05, 0) is 35.2 Å². The maximum Gasteiger partial charge on any atom is 0.0626 e. The molecular formula is C9H13NOS. The van der Waals surface area contributed by atoms with Crippen LogP contribution in [-0.4, -0.2) is 17.8 Å². The lowest BCUT2D eigenvalue weighted by atomic mass is 10.1. The van der Waals surface area contributed by atoms with Crippen LogP contribution in [0.25, 0.3) is 0 Å². The Balaban J connectivity index is 1.97. The van der Waals surface area contributed by atoms with E-state index in [9.17, 15) is 0 Å². The predicted molar refractivity (Wildman–Crippen MR) is 50.3 cm³/mol. The second-order valence-electron chi connectivity index (χ2n) is 3.23. The molecule has 0 radical (unpaired) electrons. The van der Waals surface area contributed by atoms with E-state index >= 15 is 0 Å². The van der Waals surface area contributed by atoms with Crippen molar-refractivity contribution in [3.8, 4) is 0 Å². The highest BCUT2D eigenvalue weighted by atomic mass is 32.1. The first-order valence-corrected chi connectivity index (χ1v) is 5.23. The average Bonchev–Trinajstić information content (AvgIpc) is 2.74. The van der Waals surface area contributed by atoms with Gasteiger partial charge in [0.15, 0.2) is 0 Å². The van der Waals surface area contributed by atoms with Crippen LogP contribution in [0, 0.1) is 0 Å². The van der Waals surface area contributed by atoms with E-state index in [-0.39, 0.29) is 12.6 Å². The van der Waals surface area contributed by atoms with Gasteiger partial charge in [0.1, 0.15) is 0 Å². The van der Waals surface area contributed by atoms with Crippen molar-refractivity contribution in [3.63, 3.8) is 0 Å². The van der Waals surface area contributed by atoms with E-state index in [4.69, 9.17) is 5.11 Å². The van der Waals surface area contributed by atoms with E-state index in [1.807, 2.05) is 5.38 Å². The van der Waals surface area contributed by atoms with Gasteiger partial charge in [-0.25, -0.2) is 0 Å². The van der Waals surface area contributed by atoms with Gasteiger partial charge in [-0.3, -0.25) is 0 Å². The molecule has 2 rings (SSSR count). The fraction of sp³-hybridized carbons (Fsp3) is 0.556. The molecule has 0 bridgehead atoms. The van der Waals surface area contributed by atoms with Crippen molar-refractivity contribution in [1.82, 2.24) is 5.32 Å². The van der Waals surface area contributed by atoms with Gasteiger partial charge in [0, 0.05) is 6.04 Å².